The van der Waals surface area contributed by atoms with Crippen molar-refractivity contribution in [1.29, 1.82) is 0 Å². The minimum atomic E-state index is -0.599. The lowest BCUT2D eigenvalue weighted by molar-refractivity contribution is -0.137. The van der Waals surface area contributed by atoms with Crippen LogP contribution in [0.2, 0.25) is 0 Å². The number of esters is 1. The second kappa shape index (κ2) is 8.56. The van der Waals surface area contributed by atoms with Crippen molar-refractivity contribution < 1.29 is 14.6 Å². The van der Waals surface area contributed by atoms with Gasteiger partial charge in [0.25, 0.3) is 0 Å². The van der Waals surface area contributed by atoms with Gasteiger partial charge in [-0.3, -0.25) is 4.79 Å². The predicted molar refractivity (Wildman–Crippen MR) is 79.7 cm³/mol. The third-order valence-electron chi connectivity index (χ3n) is 2.38. The number of methoxy groups -OCH3 is 1. The second-order valence-electron chi connectivity index (χ2n) is 3.85. The first kappa shape index (κ1) is 15.5. The van der Waals surface area contributed by atoms with E-state index in [1.807, 2.05) is 30.3 Å². The van der Waals surface area contributed by atoms with Crippen molar-refractivity contribution in [2.24, 2.45) is 0 Å². The first-order valence-corrected chi connectivity index (χ1v) is 6.91. The molecule has 0 fully saturated rings. The molecular weight excluding hydrogens is 260 g/mol. The lowest BCUT2D eigenvalue weighted by Crippen LogP contribution is -2.05. The van der Waals surface area contributed by atoms with Crippen molar-refractivity contribution in [2.45, 2.75) is 12.5 Å². The summed E-state index contributed by atoms with van der Waals surface area (Å²) in [4.78, 5) is 12.1. The summed E-state index contributed by atoms with van der Waals surface area (Å²) in [5.41, 5.74) is 0.972. The molecule has 3 nitrogen and oxygen atoms in total. The molecule has 1 rings (SSSR count). The first-order valence-electron chi connectivity index (χ1n) is 5.93. The number of aliphatic hydroxyl groups is 1. The summed E-state index contributed by atoms with van der Waals surface area (Å²) < 4.78 is 4.62. The van der Waals surface area contributed by atoms with E-state index in [0.717, 1.165) is 10.5 Å². The Balaban J connectivity index is 2.85. The lowest BCUT2D eigenvalue weighted by Gasteiger charge is -2.09. The van der Waals surface area contributed by atoms with Crippen molar-refractivity contribution in [2.75, 3.05) is 12.9 Å². The summed E-state index contributed by atoms with van der Waals surface area (Å²) in [6.07, 6.45) is 3.28. The number of ether oxygens (including phenoxy) is 1. The molecule has 4 heteroatoms. The van der Waals surface area contributed by atoms with E-state index in [9.17, 15) is 9.90 Å². The van der Waals surface area contributed by atoms with Crippen LogP contribution in [0.5, 0.6) is 0 Å². The van der Waals surface area contributed by atoms with Crippen LogP contribution in [-0.2, 0) is 9.53 Å². The Morgan fingerprint density at radius 1 is 1.47 bits per heavy atom. The summed E-state index contributed by atoms with van der Waals surface area (Å²) in [6.45, 7) is 3.60. The molecule has 0 saturated carbocycles. The molecule has 0 aliphatic rings. The average Bonchev–Trinajstić information content (AvgIpc) is 2.44. The number of benzene rings is 1. The number of carbonyl (C=O) groups excluding carboxylic acids is 1. The highest BCUT2D eigenvalue weighted by Crippen LogP contribution is 2.28. The molecule has 0 aromatic heterocycles. The maximum Gasteiger partial charge on any atom is 0.315 e. The Morgan fingerprint density at radius 3 is 2.74 bits per heavy atom. The molecule has 0 aliphatic heterocycles. The van der Waals surface area contributed by atoms with Crippen LogP contribution in [-0.4, -0.2) is 30.0 Å². The molecule has 0 heterocycles. The highest BCUT2D eigenvalue weighted by atomic mass is 32.2. The highest BCUT2D eigenvalue weighted by Gasteiger charge is 2.09. The van der Waals surface area contributed by atoms with Gasteiger partial charge in [-0.2, -0.15) is 0 Å². The summed E-state index contributed by atoms with van der Waals surface area (Å²) in [7, 11) is 1.36. The summed E-state index contributed by atoms with van der Waals surface area (Å²) in [6, 6.07) is 9.64. The molecule has 19 heavy (non-hydrogen) atoms. The first-order chi connectivity index (χ1) is 9.17. The molecule has 1 aromatic carbocycles. The highest BCUT2D eigenvalue weighted by molar-refractivity contribution is 8.08. The zero-order chi connectivity index (χ0) is 14.1. The molecule has 1 N–H and O–H groups in total. The molecule has 102 valence electrons. The van der Waals surface area contributed by atoms with Crippen LogP contribution in [0.25, 0.3) is 4.91 Å². The number of carbonyl (C=O) groups is 1. The minimum absolute atomic E-state index is 0.220. The normalized spacial score (nSPS) is 12.8. The van der Waals surface area contributed by atoms with E-state index in [2.05, 4.69) is 11.3 Å². The Morgan fingerprint density at radius 2 is 2.16 bits per heavy atom. The minimum Gasteiger partial charge on any atom is -0.468 e. The number of rotatable bonds is 7. The third kappa shape index (κ3) is 5.77. The van der Waals surface area contributed by atoms with Crippen molar-refractivity contribution in [3.8, 4) is 0 Å². The van der Waals surface area contributed by atoms with Gasteiger partial charge in [-0.05, 0) is 18.1 Å². The molecule has 1 atom stereocenters. The van der Waals surface area contributed by atoms with E-state index < -0.39 is 6.10 Å². The van der Waals surface area contributed by atoms with E-state index >= 15 is 0 Å². The number of hydrogen-bond acceptors (Lipinski definition) is 4. The Kier molecular flexibility index (Phi) is 7.00. The van der Waals surface area contributed by atoms with Crippen molar-refractivity contribution in [1.82, 2.24) is 0 Å². The van der Waals surface area contributed by atoms with Crippen LogP contribution >= 0.6 is 11.8 Å². The fourth-order valence-corrected chi connectivity index (χ4v) is 2.39. The average molecular weight is 278 g/mol. The largest absolute Gasteiger partial charge is 0.468 e. The van der Waals surface area contributed by atoms with Crippen LogP contribution in [0.15, 0.2) is 49.1 Å². The van der Waals surface area contributed by atoms with Crippen LogP contribution in [0.4, 0.5) is 0 Å². The van der Waals surface area contributed by atoms with Gasteiger partial charge in [0.2, 0.25) is 0 Å². The topological polar surface area (TPSA) is 46.5 Å². The molecule has 0 saturated heterocycles. The molecule has 1 aromatic rings. The monoisotopic (exact) mass is 278 g/mol. The van der Waals surface area contributed by atoms with Gasteiger partial charge < -0.3 is 9.84 Å². The molecule has 0 radical (unpaired) electrons. The summed E-state index contributed by atoms with van der Waals surface area (Å²) in [5.74, 6) is -0.0667. The van der Waals surface area contributed by atoms with Crippen molar-refractivity contribution in [3.05, 3.63) is 54.6 Å². The van der Waals surface area contributed by atoms with Crippen LogP contribution < -0.4 is 0 Å². The van der Waals surface area contributed by atoms with Gasteiger partial charge in [0.05, 0.1) is 19.0 Å². The SMILES string of the molecule is C=CCC(O)/C=C(\SCC(=O)OC)c1ccccc1. The van der Waals surface area contributed by atoms with Crippen LogP contribution in [0.3, 0.4) is 0 Å². The number of aliphatic hydroxyl groups excluding tert-OH is 1. The standard InChI is InChI=1S/C15H18O3S/c1-3-7-13(16)10-14(19-11-15(17)18-2)12-8-5-4-6-9-12/h3-6,8-10,13,16H,1,7,11H2,2H3/b14-10-. The zero-order valence-corrected chi connectivity index (χ0v) is 11.7. The van der Waals surface area contributed by atoms with Crippen LogP contribution in [0.1, 0.15) is 12.0 Å². The van der Waals surface area contributed by atoms with Gasteiger partial charge in [-0.15, -0.1) is 18.3 Å². The Hall–Kier alpha value is -1.52. The van der Waals surface area contributed by atoms with E-state index in [-0.39, 0.29) is 11.7 Å². The quantitative estimate of drug-likeness (QED) is 0.615. The van der Waals surface area contributed by atoms with Gasteiger partial charge in [-0.25, -0.2) is 0 Å². The van der Waals surface area contributed by atoms with E-state index in [4.69, 9.17) is 0 Å². The predicted octanol–water partition coefficient (Wildman–Crippen LogP) is 2.87. The lowest BCUT2D eigenvalue weighted by atomic mass is 10.1. The number of thioether (sulfide) groups is 1. The molecule has 1 unspecified atom stereocenters. The molecule has 0 bridgehead atoms. The van der Waals surface area contributed by atoms with E-state index in [1.54, 1.807) is 12.2 Å². The van der Waals surface area contributed by atoms with Gasteiger partial charge >= 0.3 is 5.97 Å². The number of hydrogen-bond donors (Lipinski definition) is 1. The van der Waals surface area contributed by atoms with E-state index in [0.29, 0.717) is 6.42 Å². The second-order valence-corrected chi connectivity index (χ2v) is 4.87. The van der Waals surface area contributed by atoms with Crippen LogP contribution in [0, 0.1) is 0 Å². The fraction of sp³-hybridized carbons (Fsp3) is 0.267. The Labute approximate surface area is 118 Å². The van der Waals surface area contributed by atoms with Gasteiger partial charge in [0, 0.05) is 4.91 Å². The van der Waals surface area contributed by atoms with Crippen molar-refractivity contribution in [3.63, 3.8) is 0 Å². The summed E-state index contributed by atoms with van der Waals surface area (Å²) in [5, 5.41) is 9.83. The van der Waals surface area contributed by atoms with Crippen molar-refractivity contribution >= 4 is 22.6 Å². The maximum atomic E-state index is 11.2. The van der Waals surface area contributed by atoms with Gasteiger partial charge in [0.1, 0.15) is 0 Å². The Bertz CT molecular complexity index is 440. The van der Waals surface area contributed by atoms with Gasteiger partial charge in [-0.1, -0.05) is 36.4 Å². The van der Waals surface area contributed by atoms with E-state index in [1.165, 1.54) is 18.9 Å². The van der Waals surface area contributed by atoms with Gasteiger partial charge in [0.15, 0.2) is 0 Å². The molecule has 0 aliphatic carbocycles. The smallest absolute Gasteiger partial charge is 0.315 e. The maximum absolute atomic E-state index is 11.2. The molecule has 0 spiro atoms. The molecule has 0 amide bonds. The third-order valence-corrected chi connectivity index (χ3v) is 3.45. The fourth-order valence-electron chi connectivity index (χ4n) is 1.44. The summed E-state index contributed by atoms with van der Waals surface area (Å²) >= 11 is 1.35. The zero-order valence-electron chi connectivity index (χ0n) is 10.9. The molecular formula is C15H18O3S.